The summed E-state index contributed by atoms with van der Waals surface area (Å²) < 4.78 is 0. The normalized spacial score (nSPS) is 13.3. The first-order valence-corrected chi connectivity index (χ1v) is 9.15. The third-order valence-corrected chi connectivity index (χ3v) is 4.89. The number of rotatable bonds is 5. The van der Waals surface area contributed by atoms with Gasteiger partial charge < -0.3 is 10.2 Å². The number of hydrogen-bond donors (Lipinski definition) is 1. The first-order chi connectivity index (χ1) is 12.8. The number of fused-ring (bicyclic) bond motifs is 1. The summed E-state index contributed by atoms with van der Waals surface area (Å²) in [5.41, 5.74) is 3.55. The van der Waals surface area contributed by atoms with Crippen molar-refractivity contribution < 1.29 is 0 Å². The molecule has 132 valence electrons. The zero-order valence-corrected chi connectivity index (χ0v) is 15.2. The van der Waals surface area contributed by atoms with E-state index in [0.717, 1.165) is 43.3 Å². The van der Waals surface area contributed by atoms with Crippen molar-refractivity contribution in [3.8, 4) is 0 Å². The molecule has 1 aromatic carbocycles. The average molecular weight is 366 g/mol. The van der Waals surface area contributed by atoms with Crippen LogP contribution in [0.5, 0.6) is 0 Å². The second-order valence-corrected chi connectivity index (χ2v) is 6.70. The highest BCUT2D eigenvalue weighted by molar-refractivity contribution is 6.32. The summed E-state index contributed by atoms with van der Waals surface area (Å²) >= 11 is 6.29. The van der Waals surface area contributed by atoms with Crippen molar-refractivity contribution in [1.82, 2.24) is 15.0 Å². The van der Waals surface area contributed by atoms with Gasteiger partial charge in [-0.05, 0) is 30.5 Å². The van der Waals surface area contributed by atoms with E-state index in [1.54, 1.807) is 12.5 Å². The Labute approximate surface area is 158 Å². The number of benzene rings is 1. The van der Waals surface area contributed by atoms with Crippen LogP contribution in [0.4, 0.5) is 11.6 Å². The van der Waals surface area contributed by atoms with Crippen LogP contribution in [0, 0.1) is 0 Å². The monoisotopic (exact) mass is 365 g/mol. The lowest BCUT2D eigenvalue weighted by Crippen LogP contribution is -2.32. The molecule has 3 aromatic rings. The van der Waals surface area contributed by atoms with Crippen LogP contribution >= 0.6 is 11.6 Å². The van der Waals surface area contributed by atoms with Gasteiger partial charge in [0.2, 0.25) is 0 Å². The van der Waals surface area contributed by atoms with Gasteiger partial charge in [0.15, 0.2) is 0 Å². The minimum Gasteiger partial charge on any atom is -0.369 e. The highest BCUT2D eigenvalue weighted by Crippen LogP contribution is 2.29. The summed E-state index contributed by atoms with van der Waals surface area (Å²) in [6.45, 7) is 2.40. The molecule has 0 saturated carbocycles. The van der Waals surface area contributed by atoms with Crippen LogP contribution in [0.15, 0.2) is 55.0 Å². The van der Waals surface area contributed by atoms with Gasteiger partial charge in [0, 0.05) is 24.8 Å². The summed E-state index contributed by atoms with van der Waals surface area (Å²) in [7, 11) is 0. The summed E-state index contributed by atoms with van der Waals surface area (Å²) in [5, 5.41) is 4.15. The number of anilines is 2. The van der Waals surface area contributed by atoms with Crippen molar-refractivity contribution in [2.24, 2.45) is 0 Å². The Hall–Kier alpha value is -2.66. The Kier molecular flexibility index (Phi) is 4.97. The van der Waals surface area contributed by atoms with E-state index in [9.17, 15) is 0 Å². The van der Waals surface area contributed by atoms with Crippen molar-refractivity contribution in [3.63, 3.8) is 0 Å². The largest absolute Gasteiger partial charge is 0.369 e. The fraction of sp³-hybridized carbons (Fsp3) is 0.250. The number of pyridine rings is 1. The Morgan fingerprint density at radius 3 is 2.77 bits per heavy atom. The maximum Gasteiger partial charge on any atom is 0.147 e. The first-order valence-electron chi connectivity index (χ1n) is 8.77. The molecule has 2 aromatic heterocycles. The van der Waals surface area contributed by atoms with Crippen LogP contribution in [-0.4, -0.2) is 28.0 Å². The van der Waals surface area contributed by atoms with Gasteiger partial charge in [-0.3, -0.25) is 0 Å². The molecule has 0 aliphatic carbocycles. The number of aromatic nitrogens is 3. The molecule has 1 N–H and O–H groups in total. The Balaban J connectivity index is 1.46. The van der Waals surface area contributed by atoms with E-state index in [1.165, 1.54) is 11.1 Å². The van der Waals surface area contributed by atoms with Crippen LogP contribution < -0.4 is 10.2 Å². The molecule has 0 fully saturated rings. The fourth-order valence-electron chi connectivity index (χ4n) is 3.27. The highest BCUT2D eigenvalue weighted by Gasteiger charge is 2.22. The van der Waals surface area contributed by atoms with Gasteiger partial charge in [0.25, 0.3) is 0 Å². The minimum atomic E-state index is 0.672. The molecule has 6 heteroatoms. The molecule has 0 atom stereocenters. The molecule has 0 radical (unpaired) electrons. The van der Waals surface area contributed by atoms with Gasteiger partial charge in [0.1, 0.15) is 18.0 Å². The third kappa shape index (κ3) is 3.63. The lowest BCUT2D eigenvalue weighted by Gasteiger charge is -2.30. The Morgan fingerprint density at radius 2 is 1.92 bits per heavy atom. The molecule has 0 saturated heterocycles. The maximum atomic E-state index is 6.29. The lowest BCUT2D eigenvalue weighted by atomic mass is 10.1. The third-order valence-electron chi connectivity index (χ3n) is 4.59. The molecule has 0 unspecified atom stereocenters. The topological polar surface area (TPSA) is 53.9 Å². The van der Waals surface area contributed by atoms with Gasteiger partial charge in [-0.1, -0.05) is 41.9 Å². The van der Waals surface area contributed by atoms with Crippen molar-refractivity contribution in [2.45, 2.75) is 19.4 Å². The van der Waals surface area contributed by atoms with Crippen molar-refractivity contribution in [3.05, 3.63) is 76.8 Å². The van der Waals surface area contributed by atoms with E-state index in [4.69, 9.17) is 11.6 Å². The van der Waals surface area contributed by atoms with E-state index in [-0.39, 0.29) is 0 Å². The van der Waals surface area contributed by atoms with Gasteiger partial charge in [-0.2, -0.15) is 0 Å². The summed E-state index contributed by atoms with van der Waals surface area (Å²) in [4.78, 5) is 15.5. The van der Waals surface area contributed by atoms with Gasteiger partial charge in [-0.15, -0.1) is 0 Å². The predicted molar refractivity (Wildman–Crippen MR) is 105 cm³/mol. The molecule has 26 heavy (non-hydrogen) atoms. The molecule has 5 nitrogen and oxygen atoms in total. The maximum absolute atomic E-state index is 6.29. The standard InChI is InChI=1S/C20H20ClN5/c21-17-7-4-10-23-20(17)26-12-9-16-18(13-26)24-14-25-19(16)22-11-8-15-5-2-1-3-6-15/h1-7,10,14H,8-9,11-13H2,(H,22,24,25). The molecular formula is C20H20ClN5. The molecule has 0 spiro atoms. The Morgan fingerprint density at radius 1 is 1.04 bits per heavy atom. The smallest absolute Gasteiger partial charge is 0.147 e. The van der Waals surface area contributed by atoms with Crippen LogP contribution in [0.3, 0.4) is 0 Å². The second kappa shape index (κ2) is 7.70. The van der Waals surface area contributed by atoms with Crippen LogP contribution in [-0.2, 0) is 19.4 Å². The molecule has 1 aliphatic heterocycles. The van der Waals surface area contributed by atoms with Gasteiger partial charge in [0.05, 0.1) is 17.3 Å². The zero-order valence-electron chi connectivity index (χ0n) is 14.4. The van der Waals surface area contributed by atoms with E-state index < -0.39 is 0 Å². The van der Waals surface area contributed by atoms with E-state index in [2.05, 4.69) is 49.4 Å². The molecule has 1 aliphatic rings. The van der Waals surface area contributed by atoms with Crippen molar-refractivity contribution >= 4 is 23.2 Å². The molecule has 3 heterocycles. The van der Waals surface area contributed by atoms with Crippen LogP contribution in [0.2, 0.25) is 5.02 Å². The number of halogens is 1. The minimum absolute atomic E-state index is 0.672. The number of nitrogens with one attached hydrogen (secondary N) is 1. The van der Waals surface area contributed by atoms with Gasteiger partial charge >= 0.3 is 0 Å². The number of hydrogen-bond acceptors (Lipinski definition) is 5. The summed E-state index contributed by atoms with van der Waals surface area (Å²) in [6.07, 6.45) is 5.24. The number of nitrogens with zero attached hydrogens (tertiary/aromatic N) is 4. The fourth-order valence-corrected chi connectivity index (χ4v) is 3.51. The molecule has 0 bridgehead atoms. The van der Waals surface area contributed by atoms with Gasteiger partial charge in [-0.25, -0.2) is 15.0 Å². The summed E-state index contributed by atoms with van der Waals surface area (Å²) in [5.74, 6) is 1.76. The van der Waals surface area contributed by atoms with E-state index >= 15 is 0 Å². The lowest BCUT2D eigenvalue weighted by molar-refractivity contribution is 0.695. The quantitative estimate of drug-likeness (QED) is 0.746. The summed E-state index contributed by atoms with van der Waals surface area (Å²) in [6, 6.07) is 14.2. The molecule has 0 amide bonds. The van der Waals surface area contributed by atoms with Crippen molar-refractivity contribution in [1.29, 1.82) is 0 Å². The van der Waals surface area contributed by atoms with Crippen LogP contribution in [0.25, 0.3) is 0 Å². The highest BCUT2D eigenvalue weighted by atomic mass is 35.5. The SMILES string of the molecule is Clc1cccnc1N1CCc2c(ncnc2NCCc2ccccc2)C1. The average Bonchev–Trinajstić information content (AvgIpc) is 2.69. The second-order valence-electron chi connectivity index (χ2n) is 6.29. The zero-order chi connectivity index (χ0) is 17.8. The first kappa shape index (κ1) is 16.8. The van der Waals surface area contributed by atoms with E-state index in [1.807, 2.05) is 18.2 Å². The van der Waals surface area contributed by atoms with Crippen molar-refractivity contribution in [2.75, 3.05) is 23.3 Å². The molecule has 4 rings (SSSR count). The Bertz CT molecular complexity index is 884. The van der Waals surface area contributed by atoms with Crippen LogP contribution in [0.1, 0.15) is 16.8 Å². The van der Waals surface area contributed by atoms with E-state index in [0.29, 0.717) is 11.6 Å². The molecular weight excluding hydrogens is 346 g/mol. The predicted octanol–water partition coefficient (Wildman–Crippen LogP) is 3.74.